The van der Waals surface area contributed by atoms with Gasteiger partial charge in [0.15, 0.2) is 5.96 Å². The molecule has 1 aliphatic heterocycles. The highest BCUT2D eigenvalue weighted by Gasteiger charge is 2.19. The van der Waals surface area contributed by atoms with E-state index < -0.39 is 0 Å². The van der Waals surface area contributed by atoms with Gasteiger partial charge in [-0.05, 0) is 40.0 Å². The Hall–Kier alpha value is -1.56. The average molecular weight is 322 g/mol. The minimum absolute atomic E-state index is 0.617. The van der Waals surface area contributed by atoms with Crippen molar-refractivity contribution in [3.63, 3.8) is 0 Å². The number of hydrogen-bond donors (Lipinski definition) is 1. The third-order valence-electron chi connectivity index (χ3n) is 4.28. The van der Waals surface area contributed by atoms with Crippen molar-refractivity contribution in [2.75, 3.05) is 39.9 Å². The van der Waals surface area contributed by atoms with Gasteiger partial charge in [-0.1, -0.05) is 5.16 Å². The van der Waals surface area contributed by atoms with Gasteiger partial charge < -0.3 is 19.5 Å². The lowest BCUT2D eigenvalue weighted by Gasteiger charge is -2.24. The van der Waals surface area contributed by atoms with Crippen LogP contribution in [0.2, 0.25) is 0 Å². The minimum atomic E-state index is 0.617. The van der Waals surface area contributed by atoms with Gasteiger partial charge in [-0.3, -0.25) is 4.99 Å². The van der Waals surface area contributed by atoms with E-state index in [1.807, 2.05) is 13.8 Å². The molecule has 1 saturated heterocycles. The summed E-state index contributed by atoms with van der Waals surface area (Å²) in [6.07, 6.45) is 3.11. The largest absolute Gasteiger partial charge is 0.381 e. The van der Waals surface area contributed by atoms with E-state index in [0.717, 1.165) is 69.5 Å². The van der Waals surface area contributed by atoms with Crippen molar-refractivity contribution in [2.24, 2.45) is 10.9 Å². The first-order valence-corrected chi connectivity index (χ1v) is 8.60. The third-order valence-corrected chi connectivity index (χ3v) is 4.28. The molecule has 0 saturated carbocycles. The number of nitrogens with zero attached hydrogens (tertiary/aromatic N) is 3. The fourth-order valence-corrected chi connectivity index (χ4v) is 2.97. The summed E-state index contributed by atoms with van der Waals surface area (Å²) in [6, 6.07) is 0. The summed E-state index contributed by atoms with van der Waals surface area (Å²) in [5, 5.41) is 7.38. The molecule has 0 aromatic carbocycles. The standard InChI is InChI=1S/C17H30N4O2/c1-5-18-17(21(4)11-15-8-10-22-12-15)19-9-6-7-16-13(2)20-23-14(16)3/h15H,5-12H2,1-4H3,(H,18,19). The molecule has 1 atom stereocenters. The topological polar surface area (TPSA) is 62.9 Å². The predicted octanol–water partition coefficient (Wildman–Crippen LogP) is 2.16. The van der Waals surface area contributed by atoms with E-state index in [2.05, 4.69) is 29.3 Å². The second-order valence-corrected chi connectivity index (χ2v) is 6.25. The molecule has 6 heteroatoms. The van der Waals surface area contributed by atoms with Crippen molar-refractivity contribution in [2.45, 2.75) is 40.0 Å². The zero-order chi connectivity index (χ0) is 16.7. The van der Waals surface area contributed by atoms with E-state index >= 15 is 0 Å². The molecule has 1 aromatic rings. The highest BCUT2D eigenvalue weighted by molar-refractivity contribution is 5.79. The van der Waals surface area contributed by atoms with Crippen LogP contribution in [0.3, 0.4) is 0 Å². The van der Waals surface area contributed by atoms with Gasteiger partial charge in [0.1, 0.15) is 5.76 Å². The van der Waals surface area contributed by atoms with E-state index in [1.165, 1.54) is 5.56 Å². The van der Waals surface area contributed by atoms with Gasteiger partial charge in [-0.15, -0.1) is 0 Å². The van der Waals surface area contributed by atoms with Gasteiger partial charge in [0.25, 0.3) is 0 Å². The molecule has 0 bridgehead atoms. The van der Waals surface area contributed by atoms with Crippen LogP contribution in [-0.2, 0) is 11.2 Å². The minimum Gasteiger partial charge on any atom is -0.381 e. The summed E-state index contributed by atoms with van der Waals surface area (Å²) >= 11 is 0. The summed E-state index contributed by atoms with van der Waals surface area (Å²) in [5.74, 6) is 2.53. The monoisotopic (exact) mass is 322 g/mol. The van der Waals surface area contributed by atoms with Crippen LogP contribution in [0, 0.1) is 19.8 Å². The van der Waals surface area contributed by atoms with Crippen molar-refractivity contribution in [3.05, 3.63) is 17.0 Å². The van der Waals surface area contributed by atoms with E-state index in [0.29, 0.717) is 5.92 Å². The van der Waals surface area contributed by atoms with Crippen LogP contribution in [0.25, 0.3) is 0 Å². The number of guanidine groups is 1. The first kappa shape index (κ1) is 17.8. The number of aromatic nitrogens is 1. The molecule has 0 spiro atoms. The number of rotatable bonds is 7. The number of nitrogens with one attached hydrogen (secondary N) is 1. The average Bonchev–Trinajstić information content (AvgIpc) is 3.14. The molecule has 0 aliphatic carbocycles. The maximum absolute atomic E-state index is 5.46. The Labute approximate surface area is 139 Å². The molecular formula is C17H30N4O2. The lowest BCUT2D eigenvalue weighted by molar-refractivity contribution is 0.181. The molecule has 1 unspecified atom stereocenters. The Balaban J connectivity index is 1.82. The Kier molecular flexibility index (Phi) is 6.89. The molecule has 23 heavy (non-hydrogen) atoms. The van der Waals surface area contributed by atoms with Crippen LogP contribution in [0.4, 0.5) is 0 Å². The molecule has 2 rings (SSSR count). The van der Waals surface area contributed by atoms with Gasteiger partial charge >= 0.3 is 0 Å². The lowest BCUT2D eigenvalue weighted by Crippen LogP contribution is -2.41. The first-order valence-electron chi connectivity index (χ1n) is 8.60. The van der Waals surface area contributed by atoms with Crippen molar-refractivity contribution in [1.29, 1.82) is 0 Å². The maximum Gasteiger partial charge on any atom is 0.193 e. The smallest absolute Gasteiger partial charge is 0.193 e. The maximum atomic E-state index is 5.46. The molecule has 2 heterocycles. The first-order chi connectivity index (χ1) is 11.1. The van der Waals surface area contributed by atoms with Crippen molar-refractivity contribution >= 4 is 5.96 Å². The summed E-state index contributed by atoms with van der Waals surface area (Å²) in [5.41, 5.74) is 2.22. The van der Waals surface area contributed by atoms with E-state index in [1.54, 1.807) is 0 Å². The van der Waals surface area contributed by atoms with Gasteiger partial charge in [0, 0.05) is 44.8 Å². The molecule has 1 aromatic heterocycles. The van der Waals surface area contributed by atoms with Crippen LogP contribution in [0.1, 0.15) is 36.8 Å². The summed E-state index contributed by atoms with van der Waals surface area (Å²) in [7, 11) is 2.11. The molecule has 1 N–H and O–H groups in total. The third kappa shape index (κ3) is 5.23. The van der Waals surface area contributed by atoms with Crippen LogP contribution in [0.15, 0.2) is 9.52 Å². The van der Waals surface area contributed by atoms with E-state index in [4.69, 9.17) is 14.3 Å². The molecule has 1 fully saturated rings. The Morgan fingerprint density at radius 3 is 2.87 bits per heavy atom. The van der Waals surface area contributed by atoms with Gasteiger partial charge in [-0.2, -0.15) is 0 Å². The Morgan fingerprint density at radius 2 is 2.26 bits per heavy atom. The second kappa shape index (κ2) is 8.91. The Bertz CT molecular complexity index is 487. The van der Waals surface area contributed by atoms with Crippen molar-refractivity contribution in [1.82, 2.24) is 15.4 Å². The highest BCUT2D eigenvalue weighted by atomic mass is 16.5. The molecule has 0 amide bonds. The van der Waals surface area contributed by atoms with Crippen LogP contribution < -0.4 is 5.32 Å². The van der Waals surface area contributed by atoms with Crippen molar-refractivity contribution in [3.8, 4) is 0 Å². The van der Waals surface area contributed by atoms with Crippen LogP contribution in [-0.4, -0.2) is 55.9 Å². The van der Waals surface area contributed by atoms with E-state index in [-0.39, 0.29) is 0 Å². The van der Waals surface area contributed by atoms with Crippen LogP contribution in [0.5, 0.6) is 0 Å². The molecular weight excluding hydrogens is 292 g/mol. The van der Waals surface area contributed by atoms with Crippen molar-refractivity contribution < 1.29 is 9.26 Å². The predicted molar refractivity (Wildman–Crippen MR) is 91.8 cm³/mol. The van der Waals surface area contributed by atoms with Gasteiger partial charge in [0.2, 0.25) is 0 Å². The summed E-state index contributed by atoms with van der Waals surface area (Å²) in [6.45, 7) is 10.5. The molecule has 1 aliphatic rings. The number of hydrogen-bond acceptors (Lipinski definition) is 4. The highest BCUT2D eigenvalue weighted by Crippen LogP contribution is 2.15. The number of aliphatic imine (C=N–C) groups is 1. The second-order valence-electron chi connectivity index (χ2n) is 6.25. The SMILES string of the molecule is CCNC(=NCCCc1c(C)noc1C)N(C)CC1CCOC1. The van der Waals surface area contributed by atoms with Gasteiger partial charge in [-0.25, -0.2) is 0 Å². The fourth-order valence-electron chi connectivity index (χ4n) is 2.97. The van der Waals surface area contributed by atoms with E-state index in [9.17, 15) is 0 Å². The molecule has 130 valence electrons. The number of aryl methyl sites for hydroxylation is 2. The number of ether oxygens (including phenoxy) is 1. The summed E-state index contributed by atoms with van der Waals surface area (Å²) in [4.78, 5) is 6.97. The van der Waals surface area contributed by atoms with Gasteiger partial charge in [0.05, 0.1) is 12.3 Å². The Morgan fingerprint density at radius 1 is 1.43 bits per heavy atom. The van der Waals surface area contributed by atoms with Crippen LogP contribution >= 0.6 is 0 Å². The summed E-state index contributed by atoms with van der Waals surface area (Å²) < 4.78 is 10.7. The molecule has 6 nitrogen and oxygen atoms in total. The zero-order valence-electron chi connectivity index (χ0n) is 14.9. The fraction of sp³-hybridized carbons (Fsp3) is 0.765. The lowest BCUT2D eigenvalue weighted by atomic mass is 10.1. The molecule has 0 radical (unpaired) electrons. The normalized spacial score (nSPS) is 18.4. The zero-order valence-corrected chi connectivity index (χ0v) is 14.9. The quantitative estimate of drug-likeness (QED) is 0.473.